The molecule has 2 atom stereocenters. The van der Waals surface area contributed by atoms with Gasteiger partial charge in [-0.3, -0.25) is 0 Å². The summed E-state index contributed by atoms with van der Waals surface area (Å²) in [6.45, 7) is 13.9. The smallest absolute Gasteiger partial charge is 0.0349 e. The first kappa shape index (κ1) is 21.5. The summed E-state index contributed by atoms with van der Waals surface area (Å²) in [4.78, 5) is 0. The average Bonchev–Trinajstić information content (AvgIpc) is 2.89. The van der Waals surface area contributed by atoms with Crippen molar-refractivity contribution in [2.45, 2.75) is 70.6 Å². The van der Waals surface area contributed by atoms with E-state index in [1.54, 1.807) is 0 Å². The molecule has 2 heteroatoms. The van der Waals surface area contributed by atoms with Gasteiger partial charge in [-0.05, 0) is 106 Å². The standard InChI is InChI=1S/C29H30Br2/c1-28(2,3)17-8-10-20-23(13-17)22-11-16-12-25(30)26(31)15-21(16)27(20)24-14-18(29(4,5)6)7-9-19(22)24/h7-10,12-15,22,27H,11H2,1-6H3. The quantitative estimate of drug-likeness (QED) is 0.268. The number of benzene rings is 3. The van der Waals surface area contributed by atoms with Gasteiger partial charge >= 0.3 is 0 Å². The molecule has 0 aliphatic heterocycles. The van der Waals surface area contributed by atoms with E-state index in [4.69, 9.17) is 0 Å². The van der Waals surface area contributed by atoms with Crippen molar-refractivity contribution in [3.05, 3.63) is 102 Å². The Morgan fingerprint density at radius 3 is 1.77 bits per heavy atom. The maximum Gasteiger partial charge on any atom is 0.0349 e. The van der Waals surface area contributed by atoms with Crippen molar-refractivity contribution in [1.29, 1.82) is 0 Å². The van der Waals surface area contributed by atoms with Gasteiger partial charge in [-0.1, -0.05) is 77.9 Å². The van der Waals surface area contributed by atoms with Gasteiger partial charge in [0.25, 0.3) is 0 Å². The summed E-state index contributed by atoms with van der Waals surface area (Å²) < 4.78 is 2.28. The van der Waals surface area contributed by atoms with Crippen LogP contribution in [0.4, 0.5) is 0 Å². The molecule has 2 bridgehead atoms. The molecule has 160 valence electrons. The number of hydrogen-bond acceptors (Lipinski definition) is 0. The second-order valence-electron chi connectivity index (χ2n) is 11.3. The molecule has 31 heavy (non-hydrogen) atoms. The van der Waals surface area contributed by atoms with Gasteiger partial charge < -0.3 is 0 Å². The van der Waals surface area contributed by atoms with E-state index in [2.05, 4.69) is 122 Å². The Kier molecular flexibility index (Phi) is 4.89. The molecule has 3 aromatic rings. The number of hydrogen-bond donors (Lipinski definition) is 0. The zero-order chi connectivity index (χ0) is 22.3. The van der Waals surface area contributed by atoms with Crippen molar-refractivity contribution in [2.24, 2.45) is 0 Å². The third-order valence-electron chi connectivity index (χ3n) is 7.20. The summed E-state index contributed by atoms with van der Waals surface area (Å²) in [5.41, 5.74) is 12.1. The predicted octanol–water partition coefficient (Wildman–Crippen LogP) is 8.99. The van der Waals surface area contributed by atoms with Gasteiger partial charge in [0.1, 0.15) is 0 Å². The summed E-state index contributed by atoms with van der Waals surface area (Å²) in [6, 6.07) is 19.3. The molecule has 0 saturated carbocycles. The zero-order valence-electron chi connectivity index (χ0n) is 19.2. The minimum Gasteiger partial charge on any atom is -0.0582 e. The zero-order valence-corrected chi connectivity index (χ0v) is 22.4. The highest BCUT2D eigenvalue weighted by Gasteiger charge is 2.39. The Labute approximate surface area is 203 Å². The highest BCUT2D eigenvalue weighted by molar-refractivity contribution is 9.13. The Bertz CT molecular complexity index is 1200. The molecule has 0 aromatic heterocycles. The van der Waals surface area contributed by atoms with E-state index in [9.17, 15) is 0 Å². The third-order valence-corrected chi connectivity index (χ3v) is 9.04. The van der Waals surface area contributed by atoms with E-state index in [0.29, 0.717) is 11.8 Å². The molecule has 0 spiro atoms. The van der Waals surface area contributed by atoms with Crippen LogP contribution in [0.2, 0.25) is 0 Å². The lowest BCUT2D eigenvalue weighted by Crippen LogP contribution is -2.21. The number of rotatable bonds is 0. The molecule has 0 fully saturated rings. The Hall–Kier alpha value is -1.38. The fourth-order valence-corrected chi connectivity index (χ4v) is 6.13. The molecule has 3 aliphatic rings. The summed E-state index contributed by atoms with van der Waals surface area (Å²) in [5, 5.41) is 0. The van der Waals surface area contributed by atoms with Crippen LogP contribution in [0.3, 0.4) is 0 Å². The lowest BCUT2D eigenvalue weighted by Gasteiger charge is -2.34. The molecule has 3 aromatic carbocycles. The molecule has 2 unspecified atom stereocenters. The first-order chi connectivity index (χ1) is 14.4. The van der Waals surface area contributed by atoms with Crippen LogP contribution in [0, 0.1) is 0 Å². The van der Waals surface area contributed by atoms with Crippen LogP contribution >= 0.6 is 31.9 Å². The van der Waals surface area contributed by atoms with E-state index < -0.39 is 0 Å². The second kappa shape index (κ2) is 7.06. The molecule has 6 rings (SSSR count). The average molecular weight is 538 g/mol. The van der Waals surface area contributed by atoms with Crippen molar-refractivity contribution in [3.8, 4) is 0 Å². The fraction of sp³-hybridized carbons (Fsp3) is 0.379. The third kappa shape index (κ3) is 3.45. The van der Waals surface area contributed by atoms with Gasteiger partial charge in [-0.15, -0.1) is 0 Å². The summed E-state index contributed by atoms with van der Waals surface area (Å²) >= 11 is 7.55. The highest BCUT2D eigenvalue weighted by atomic mass is 79.9. The summed E-state index contributed by atoms with van der Waals surface area (Å²) in [5.74, 6) is 0.700. The van der Waals surface area contributed by atoms with Crippen LogP contribution in [0.15, 0.2) is 57.5 Å². The van der Waals surface area contributed by atoms with Gasteiger partial charge in [-0.25, -0.2) is 0 Å². The first-order valence-electron chi connectivity index (χ1n) is 11.2. The van der Waals surface area contributed by atoms with Crippen LogP contribution in [0.5, 0.6) is 0 Å². The largest absolute Gasteiger partial charge is 0.0582 e. The SMILES string of the molecule is CC(C)(C)c1ccc2c(c1)C1Cc3cc(Br)c(Br)cc3C2c2cc(C(C)(C)C)ccc21. The molecule has 0 N–H and O–H groups in total. The van der Waals surface area contributed by atoms with Crippen LogP contribution in [0.25, 0.3) is 0 Å². The number of halogens is 2. The fourth-order valence-electron chi connectivity index (χ4n) is 5.37. The van der Waals surface area contributed by atoms with Gasteiger partial charge in [-0.2, -0.15) is 0 Å². The molecule has 3 aliphatic carbocycles. The first-order valence-corrected chi connectivity index (χ1v) is 12.8. The minimum atomic E-state index is 0.141. The highest BCUT2D eigenvalue weighted by Crippen LogP contribution is 2.53. The molecule has 0 nitrogen and oxygen atoms in total. The topological polar surface area (TPSA) is 0 Å². The predicted molar refractivity (Wildman–Crippen MR) is 139 cm³/mol. The maximum atomic E-state index is 3.79. The Morgan fingerprint density at radius 2 is 1.16 bits per heavy atom. The monoisotopic (exact) mass is 536 g/mol. The molecule has 0 radical (unpaired) electrons. The van der Waals surface area contributed by atoms with Crippen molar-refractivity contribution >= 4 is 31.9 Å². The van der Waals surface area contributed by atoms with Crippen molar-refractivity contribution in [1.82, 2.24) is 0 Å². The summed E-state index contributed by atoms with van der Waals surface area (Å²) in [6.07, 6.45) is 1.06. The molecule has 0 saturated heterocycles. The maximum absolute atomic E-state index is 3.79. The molecular weight excluding hydrogens is 508 g/mol. The van der Waals surface area contributed by atoms with E-state index in [1.165, 1.54) is 44.5 Å². The molecular formula is C29H30Br2. The van der Waals surface area contributed by atoms with E-state index in [1.807, 2.05) is 0 Å². The van der Waals surface area contributed by atoms with Crippen molar-refractivity contribution in [3.63, 3.8) is 0 Å². The lowest BCUT2D eigenvalue weighted by molar-refractivity contribution is 0.584. The van der Waals surface area contributed by atoms with Crippen LogP contribution < -0.4 is 0 Å². The lowest BCUT2D eigenvalue weighted by atomic mass is 9.69. The van der Waals surface area contributed by atoms with Crippen molar-refractivity contribution < 1.29 is 0 Å². The minimum absolute atomic E-state index is 0.141. The Balaban J connectivity index is 1.82. The van der Waals surface area contributed by atoms with Gasteiger partial charge in [0.15, 0.2) is 0 Å². The van der Waals surface area contributed by atoms with Crippen LogP contribution in [-0.4, -0.2) is 0 Å². The van der Waals surface area contributed by atoms with E-state index >= 15 is 0 Å². The second-order valence-corrected chi connectivity index (χ2v) is 13.1. The van der Waals surface area contributed by atoms with E-state index in [0.717, 1.165) is 15.4 Å². The molecule has 0 heterocycles. The van der Waals surface area contributed by atoms with Crippen LogP contribution in [0.1, 0.15) is 97.9 Å². The molecule has 0 amide bonds. The van der Waals surface area contributed by atoms with Crippen LogP contribution in [-0.2, 0) is 17.3 Å². The van der Waals surface area contributed by atoms with Crippen molar-refractivity contribution in [2.75, 3.05) is 0 Å². The summed E-state index contributed by atoms with van der Waals surface area (Å²) in [7, 11) is 0. The normalized spacial score (nSPS) is 19.5. The van der Waals surface area contributed by atoms with E-state index in [-0.39, 0.29) is 10.8 Å². The Morgan fingerprint density at radius 1 is 0.613 bits per heavy atom. The van der Waals surface area contributed by atoms with Gasteiger partial charge in [0.2, 0.25) is 0 Å². The van der Waals surface area contributed by atoms with Gasteiger partial charge in [0, 0.05) is 20.8 Å². The van der Waals surface area contributed by atoms with Gasteiger partial charge in [0.05, 0.1) is 0 Å².